The van der Waals surface area contributed by atoms with E-state index in [1.54, 1.807) is 25.3 Å². The molecule has 28 heavy (non-hydrogen) atoms. The summed E-state index contributed by atoms with van der Waals surface area (Å²) in [4.78, 5) is 11.2. The van der Waals surface area contributed by atoms with Crippen LogP contribution in [0.15, 0.2) is 29.3 Å². The molecule has 2 heterocycles. The van der Waals surface area contributed by atoms with Gasteiger partial charge in [0.2, 0.25) is 17.7 Å². The van der Waals surface area contributed by atoms with E-state index in [-0.39, 0.29) is 22.6 Å². The molecule has 1 aromatic carbocycles. The number of hydrogen-bond donors (Lipinski definition) is 2. The molecule has 0 spiro atoms. The van der Waals surface area contributed by atoms with E-state index in [0.717, 1.165) is 0 Å². The summed E-state index contributed by atoms with van der Waals surface area (Å²) in [7, 11) is 0.452. The Morgan fingerprint density at radius 3 is 2.43 bits per heavy atom. The molecule has 2 aromatic heterocycles. The lowest BCUT2D eigenvalue weighted by molar-refractivity contribution is 0.199. The smallest absolute Gasteiger partial charge is 0.266 e. The van der Waals surface area contributed by atoms with Crippen molar-refractivity contribution in [2.24, 2.45) is 0 Å². The number of ether oxygens (including phenoxy) is 3. The highest BCUT2D eigenvalue weighted by atomic mass is 35.5. The van der Waals surface area contributed by atoms with E-state index in [0.29, 0.717) is 34.5 Å². The maximum atomic E-state index is 12.9. The summed E-state index contributed by atoms with van der Waals surface area (Å²) >= 11 is 5.95. The largest absolute Gasteiger partial charge is 0.481 e. The number of halogens is 1. The summed E-state index contributed by atoms with van der Waals surface area (Å²) in [6.45, 7) is 0.402. The van der Waals surface area contributed by atoms with Crippen LogP contribution < -0.4 is 14.2 Å². The van der Waals surface area contributed by atoms with Gasteiger partial charge in [-0.15, -0.1) is 0 Å². The number of hydrogen-bond acceptors (Lipinski definition) is 7. The lowest BCUT2D eigenvalue weighted by Gasteiger charge is -2.13. The van der Waals surface area contributed by atoms with Gasteiger partial charge in [0.25, 0.3) is 10.0 Å². The molecule has 0 aliphatic rings. The van der Waals surface area contributed by atoms with E-state index in [2.05, 4.69) is 19.7 Å². The predicted octanol–water partition coefficient (Wildman–Crippen LogP) is 2.62. The van der Waals surface area contributed by atoms with Crippen molar-refractivity contribution < 1.29 is 22.6 Å². The van der Waals surface area contributed by atoms with Crippen LogP contribution in [0.3, 0.4) is 0 Å². The van der Waals surface area contributed by atoms with Crippen molar-refractivity contribution in [3.8, 4) is 11.8 Å². The molecule has 3 aromatic rings. The van der Waals surface area contributed by atoms with Crippen molar-refractivity contribution in [1.29, 1.82) is 0 Å². The number of aromatic nitrogens is 3. The number of aromatic amines is 1. The molecule has 0 bridgehead atoms. The molecular weight excluding hydrogens is 408 g/mol. The van der Waals surface area contributed by atoms with E-state index in [4.69, 9.17) is 25.8 Å². The molecule has 150 valence electrons. The Bertz CT molecular complexity index is 1080. The SMILES string of the molecule is COCCc1c(OC)nc(NS(=O)(=O)c2c[nH]c3cc(Cl)ccc23)nc1OC. The van der Waals surface area contributed by atoms with Crippen molar-refractivity contribution >= 4 is 38.5 Å². The molecule has 0 unspecified atom stereocenters. The summed E-state index contributed by atoms with van der Waals surface area (Å²) in [5, 5.41) is 0.989. The molecule has 0 saturated heterocycles. The van der Waals surface area contributed by atoms with Gasteiger partial charge >= 0.3 is 0 Å². The van der Waals surface area contributed by atoms with Crippen LogP contribution in [0.2, 0.25) is 5.02 Å². The number of rotatable bonds is 8. The van der Waals surface area contributed by atoms with Crippen LogP contribution in [0.25, 0.3) is 10.9 Å². The number of methoxy groups -OCH3 is 3. The first kappa shape index (κ1) is 20.2. The highest BCUT2D eigenvalue weighted by Crippen LogP contribution is 2.30. The Hall–Kier alpha value is -2.56. The predicted molar refractivity (Wildman–Crippen MR) is 105 cm³/mol. The number of fused-ring (bicyclic) bond motifs is 1. The molecule has 11 heteroatoms. The summed E-state index contributed by atoms with van der Waals surface area (Å²) in [5.74, 6) is 0.234. The van der Waals surface area contributed by atoms with Gasteiger partial charge in [-0.05, 0) is 18.2 Å². The van der Waals surface area contributed by atoms with Crippen LogP contribution in [0, 0.1) is 0 Å². The van der Waals surface area contributed by atoms with Gasteiger partial charge in [0.1, 0.15) is 4.90 Å². The number of benzene rings is 1. The Morgan fingerprint density at radius 2 is 1.82 bits per heavy atom. The molecule has 0 aliphatic carbocycles. The van der Waals surface area contributed by atoms with Gasteiger partial charge in [-0.3, -0.25) is 0 Å². The van der Waals surface area contributed by atoms with Crippen molar-refractivity contribution in [3.05, 3.63) is 35.0 Å². The third kappa shape index (κ3) is 3.98. The minimum Gasteiger partial charge on any atom is -0.481 e. The average molecular weight is 427 g/mol. The first-order valence-corrected chi connectivity index (χ1v) is 10.0. The van der Waals surface area contributed by atoms with Gasteiger partial charge in [-0.1, -0.05) is 11.6 Å². The van der Waals surface area contributed by atoms with E-state index in [9.17, 15) is 8.42 Å². The maximum absolute atomic E-state index is 12.9. The zero-order valence-corrected chi connectivity index (χ0v) is 17.0. The fraction of sp³-hybridized carbons (Fsp3) is 0.294. The monoisotopic (exact) mass is 426 g/mol. The summed E-state index contributed by atoms with van der Waals surface area (Å²) < 4.78 is 43.7. The minimum atomic E-state index is -3.97. The number of nitrogens with zero attached hydrogens (tertiary/aromatic N) is 2. The normalized spacial score (nSPS) is 11.6. The van der Waals surface area contributed by atoms with Crippen LogP contribution in [0.5, 0.6) is 11.8 Å². The lowest BCUT2D eigenvalue weighted by atomic mass is 10.2. The fourth-order valence-electron chi connectivity index (χ4n) is 2.71. The number of nitrogens with one attached hydrogen (secondary N) is 2. The maximum Gasteiger partial charge on any atom is 0.266 e. The average Bonchev–Trinajstić information content (AvgIpc) is 3.09. The zero-order chi connectivity index (χ0) is 20.3. The molecule has 9 nitrogen and oxygen atoms in total. The molecular formula is C17H19ClN4O5S. The first-order valence-electron chi connectivity index (χ1n) is 8.17. The van der Waals surface area contributed by atoms with Crippen LogP contribution in [-0.2, 0) is 21.2 Å². The van der Waals surface area contributed by atoms with E-state index < -0.39 is 10.0 Å². The van der Waals surface area contributed by atoms with Gasteiger partial charge < -0.3 is 19.2 Å². The molecule has 2 N–H and O–H groups in total. The van der Waals surface area contributed by atoms with Crippen molar-refractivity contribution in [1.82, 2.24) is 15.0 Å². The molecule has 0 aliphatic heterocycles. The lowest BCUT2D eigenvalue weighted by Crippen LogP contribution is -2.16. The third-order valence-corrected chi connectivity index (χ3v) is 5.60. The van der Waals surface area contributed by atoms with Crippen molar-refractivity contribution in [2.45, 2.75) is 11.3 Å². The summed E-state index contributed by atoms with van der Waals surface area (Å²) in [6.07, 6.45) is 1.82. The third-order valence-electron chi connectivity index (χ3n) is 4.00. The first-order chi connectivity index (χ1) is 13.4. The molecule has 0 fully saturated rings. The molecule has 0 saturated carbocycles. The van der Waals surface area contributed by atoms with Crippen LogP contribution >= 0.6 is 11.6 Å². The quantitative estimate of drug-likeness (QED) is 0.568. The van der Waals surface area contributed by atoms with E-state index in [1.165, 1.54) is 20.4 Å². The van der Waals surface area contributed by atoms with E-state index >= 15 is 0 Å². The van der Waals surface area contributed by atoms with Gasteiger partial charge in [0, 0.05) is 35.7 Å². The molecule has 0 radical (unpaired) electrons. The van der Waals surface area contributed by atoms with Gasteiger partial charge in [0.05, 0.1) is 26.4 Å². The highest BCUT2D eigenvalue weighted by molar-refractivity contribution is 7.93. The van der Waals surface area contributed by atoms with Gasteiger partial charge in [0.15, 0.2) is 0 Å². The Kier molecular flexibility index (Phi) is 5.92. The number of anilines is 1. The van der Waals surface area contributed by atoms with Gasteiger partial charge in [-0.25, -0.2) is 13.1 Å². The second kappa shape index (κ2) is 8.21. The Labute approximate surface area is 167 Å². The topological polar surface area (TPSA) is 115 Å². The van der Waals surface area contributed by atoms with Gasteiger partial charge in [-0.2, -0.15) is 9.97 Å². The Balaban J connectivity index is 1.99. The van der Waals surface area contributed by atoms with Crippen LogP contribution in [0.1, 0.15) is 5.56 Å². The van der Waals surface area contributed by atoms with Crippen molar-refractivity contribution in [3.63, 3.8) is 0 Å². The summed E-state index contributed by atoms with van der Waals surface area (Å²) in [6, 6.07) is 4.88. The summed E-state index contributed by atoms with van der Waals surface area (Å²) in [5.41, 5.74) is 1.18. The van der Waals surface area contributed by atoms with Crippen molar-refractivity contribution in [2.75, 3.05) is 32.7 Å². The molecule has 0 atom stereocenters. The Morgan fingerprint density at radius 1 is 1.14 bits per heavy atom. The highest BCUT2D eigenvalue weighted by Gasteiger charge is 2.23. The standard InChI is InChI=1S/C17H19ClN4O5S/c1-25-7-6-12-15(26-2)20-17(21-16(12)27-3)22-28(23,24)14-9-19-13-8-10(18)4-5-11(13)14/h4-5,8-9,19H,6-7H2,1-3H3,(H,20,21,22). The van der Waals surface area contributed by atoms with Crippen LogP contribution in [-0.4, -0.2) is 51.3 Å². The molecule has 3 rings (SSSR count). The van der Waals surface area contributed by atoms with Crippen LogP contribution in [0.4, 0.5) is 5.95 Å². The number of sulfonamides is 1. The van der Waals surface area contributed by atoms with E-state index in [1.807, 2.05) is 0 Å². The molecule has 0 amide bonds. The number of H-pyrrole nitrogens is 1. The minimum absolute atomic E-state index is 0.0455. The second-order valence-electron chi connectivity index (χ2n) is 5.74. The second-order valence-corrected chi connectivity index (χ2v) is 7.82. The fourth-order valence-corrected chi connectivity index (χ4v) is 4.01. The zero-order valence-electron chi connectivity index (χ0n) is 15.4.